The fourth-order valence-electron chi connectivity index (χ4n) is 4.07. The molecule has 2 aliphatic rings. The van der Waals surface area contributed by atoms with Crippen LogP contribution in [-0.2, 0) is 6.54 Å². The number of amides is 1. The quantitative estimate of drug-likeness (QED) is 0.889. The van der Waals surface area contributed by atoms with Crippen molar-refractivity contribution in [2.24, 2.45) is 0 Å². The van der Waals surface area contributed by atoms with Gasteiger partial charge >= 0.3 is 0 Å². The highest BCUT2D eigenvalue weighted by molar-refractivity contribution is 5.95. The van der Waals surface area contributed by atoms with E-state index in [1.807, 2.05) is 13.8 Å². The average molecular weight is 356 g/mol. The first kappa shape index (κ1) is 18.3. The van der Waals surface area contributed by atoms with Crippen LogP contribution < -0.4 is 0 Å². The van der Waals surface area contributed by atoms with Crippen LogP contribution in [-0.4, -0.2) is 74.8 Å². The lowest BCUT2D eigenvalue weighted by Gasteiger charge is -2.38. The molecule has 3 heterocycles. The molecule has 1 amide bonds. The summed E-state index contributed by atoms with van der Waals surface area (Å²) in [6.07, 6.45) is 2.63. The number of nitrogens with zero attached hydrogens (tertiary/aromatic N) is 4. The molecule has 8 heteroatoms. The molecular weight excluding hydrogens is 330 g/mol. The number of aryl methyl sites for hydroxylation is 1. The van der Waals surface area contributed by atoms with Gasteiger partial charge in [0.15, 0.2) is 0 Å². The zero-order chi connectivity index (χ0) is 18.2. The standard InChI is InChI=1S/C17H26F2N4O2/c1-3-23-12(2)15(9-20-23)16(25)21-6-4-13(5-7-21)22-11-17(18,19)8-14(22)10-24/h9,13-14,24H,3-8,10-11H2,1-2H3/t14-/m0/s1. The van der Waals surface area contributed by atoms with Crippen molar-refractivity contribution < 1.29 is 18.7 Å². The number of aliphatic hydroxyl groups excluding tert-OH is 1. The largest absolute Gasteiger partial charge is 0.395 e. The second-order valence-corrected chi connectivity index (χ2v) is 7.05. The van der Waals surface area contributed by atoms with Crippen LogP contribution in [0.3, 0.4) is 0 Å². The second-order valence-electron chi connectivity index (χ2n) is 7.05. The van der Waals surface area contributed by atoms with Gasteiger partial charge in [-0.05, 0) is 26.7 Å². The maximum atomic E-state index is 13.7. The minimum Gasteiger partial charge on any atom is -0.395 e. The predicted octanol–water partition coefficient (Wildman–Crippen LogP) is 1.52. The number of alkyl halides is 2. The van der Waals surface area contributed by atoms with Crippen LogP contribution in [0.2, 0.25) is 0 Å². The molecule has 2 saturated heterocycles. The van der Waals surface area contributed by atoms with Gasteiger partial charge in [-0.1, -0.05) is 0 Å². The van der Waals surface area contributed by atoms with Gasteiger partial charge in [0.1, 0.15) is 0 Å². The van der Waals surface area contributed by atoms with Crippen LogP contribution in [0, 0.1) is 6.92 Å². The molecule has 0 aromatic carbocycles. The lowest BCUT2D eigenvalue weighted by molar-refractivity contribution is 0.00296. The van der Waals surface area contributed by atoms with Crippen LogP contribution in [0.4, 0.5) is 8.78 Å². The van der Waals surface area contributed by atoms with Crippen molar-refractivity contribution >= 4 is 5.91 Å². The van der Waals surface area contributed by atoms with Crippen LogP contribution in [0.1, 0.15) is 42.2 Å². The third-order valence-electron chi connectivity index (χ3n) is 5.48. The number of carbonyl (C=O) groups is 1. The van der Waals surface area contributed by atoms with E-state index in [1.54, 1.807) is 20.7 Å². The number of rotatable bonds is 4. The lowest BCUT2D eigenvalue weighted by Crippen LogP contribution is -2.49. The number of halogens is 2. The predicted molar refractivity (Wildman–Crippen MR) is 88.7 cm³/mol. The number of hydrogen-bond donors (Lipinski definition) is 1. The van der Waals surface area contributed by atoms with Crippen molar-refractivity contribution in [1.29, 1.82) is 0 Å². The van der Waals surface area contributed by atoms with E-state index in [0.717, 1.165) is 5.69 Å². The molecule has 0 unspecified atom stereocenters. The molecule has 1 atom stereocenters. The Morgan fingerprint density at radius 3 is 2.64 bits per heavy atom. The van der Waals surface area contributed by atoms with Gasteiger partial charge in [0.2, 0.25) is 0 Å². The third kappa shape index (κ3) is 3.55. The summed E-state index contributed by atoms with van der Waals surface area (Å²) in [6, 6.07) is -0.485. The number of carbonyl (C=O) groups excluding carboxylic acids is 1. The highest BCUT2D eigenvalue weighted by Gasteiger charge is 2.47. The van der Waals surface area contributed by atoms with Crippen LogP contribution in [0.15, 0.2) is 6.20 Å². The number of likely N-dealkylation sites (tertiary alicyclic amines) is 2. The normalized spacial score (nSPS) is 24.8. The molecule has 6 nitrogen and oxygen atoms in total. The Morgan fingerprint density at radius 1 is 1.40 bits per heavy atom. The smallest absolute Gasteiger partial charge is 0.262 e. The van der Waals surface area contributed by atoms with E-state index in [1.165, 1.54) is 0 Å². The fraction of sp³-hybridized carbons (Fsp3) is 0.765. The molecule has 1 aromatic rings. The Morgan fingerprint density at radius 2 is 2.08 bits per heavy atom. The first-order valence-electron chi connectivity index (χ1n) is 8.92. The summed E-state index contributed by atoms with van der Waals surface area (Å²) in [4.78, 5) is 16.2. The van der Waals surface area contributed by atoms with Gasteiger partial charge in [0.25, 0.3) is 11.8 Å². The Bertz CT molecular complexity index is 626. The summed E-state index contributed by atoms with van der Waals surface area (Å²) in [6.45, 7) is 5.12. The molecule has 0 bridgehead atoms. The van der Waals surface area contributed by atoms with Crippen molar-refractivity contribution in [1.82, 2.24) is 19.6 Å². The topological polar surface area (TPSA) is 61.6 Å². The Hall–Kier alpha value is -1.54. The lowest BCUT2D eigenvalue weighted by atomic mass is 10.0. The molecule has 0 spiro atoms. The van der Waals surface area contributed by atoms with Gasteiger partial charge in [-0.2, -0.15) is 5.10 Å². The monoisotopic (exact) mass is 356 g/mol. The maximum absolute atomic E-state index is 13.7. The highest BCUT2D eigenvalue weighted by Crippen LogP contribution is 2.35. The molecule has 0 saturated carbocycles. The van der Waals surface area contributed by atoms with E-state index in [0.29, 0.717) is 38.0 Å². The zero-order valence-electron chi connectivity index (χ0n) is 14.8. The molecule has 1 aromatic heterocycles. The minimum atomic E-state index is -2.73. The summed E-state index contributed by atoms with van der Waals surface area (Å²) in [5, 5.41) is 13.6. The first-order valence-corrected chi connectivity index (χ1v) is 8.92. The summed E-state index contributed by atoms with van der Waals surface area (Å²) >= 11 is 0. The second kappa shape index (κ2) is 6.99. The van der Waals surface area contributed by atoms with Crippen molar-refractivity contribution in [3.05, 3.63) is 17.5 Å². The van der Waals surface area contributed by atoms with Crippen LogP contribution >= 0.6 is 0 Å². The molecule has 25 heavy (non-hydrogen) atoms. The summed E-state index contributed by atoms with van der Waals surface area (Å²) in [7, 11) is 0. The van der Waals surface area contributed by atoms with Crippen molar-refractivity contribution in [2.75, 3.05) is 26.2 Å². The molecule has 3 rings (SSSR count). The molecule has 140 valence electrons. The van der Waals surface area contributed by atoms with E-state index in [9.17, 15) is 18.7 Å². The summed E-state index contributed by atoms with van der Waals surface area (Å²) < 4.78 is 29.1. The van der Waals surface area contributed by atoms with E-state index >= 15 is 0 Å². The number of aromatic nitrogens is 2. The Kier molecular flexibility index (Phi) is 5.11. The van der Waals surface area contributed by atoms with E-state index in [-0.39, 0.29) is 31.5 Å². The van der Waals surface area contributed by atoms with Gasteiger partial charge in [0, 0.05) is 43.8 Å². The maximum Gasteiger partial charge on any atom is 0.262 e. The van der Waals surface area contributed by atoms with Gasteiger partial charge in [0.05, 0.1) is 24.9 Å². The minimum absolute atomic E-state index is 0.00552. The van der Waals surface area contributed by atoms with Crippen LogP contribution in [0.25, 0.3) is 0 Å². The molecule has 2 fully saturated rings. The Labute approximate surface area is 146 Å². The Balaban J connectivity index is 1.62. The molecule has 0 radical (unpaired) electrons. The number of aliphatic hydroxyl groups is 1. The van der Waals surface area contributed by atoms with E-state index in [2.05, 4.69) is 5.10 Å². The van der Waals surface area contributed by atoms with Crippen molar-refractivity contribution in [2.45, 2.75) is 57.7 Å². The molecule has 2 aliphatic heterocycles. The van der Waals surface area contributed by atoms with E-state index < -0.39 is 12.0 Å². The number of piperidine rings is 1. The third-order valence-corrected chi connectivity index (χ3v) is 5.48. The van der Waals surface area contributed by atoms with Crippen LogP contribution in [0.5, 0.6) is 0 Å². The summed E-state index contributed by atoms with van der Waals surface area (Å²) in [5.74, 6) is -2.77. The molecule has 1 N–H and O–H groups in total. The van der Waals surface area contributed by atoms with Gasteiger partial charge in [-0.25, -0.2) is 8.78 Å². The zero-order valence-corrected chi connectivity index (χ0v) is 14.8. The highest BCUT2D eigenvalue weighted by atomic mass is 19.3. The number of hydrogen-bond acceptors (Lipinski definition) is 4. The first-order chi connectivity index (χ1) is 11.9. The summed E-state index contributed by atoms with van der Waals surface area (Å²) in [5.41, 5.74) is 1.47. The van der Waals surface area contributed by atoms with Gasteiger partial charge < -0.3 is 10.0 Å². The average Bonchev–Trinajstić information content (AvgIpc) is 3.13. The van der Waals surface area contributed by atoms with Crippen molar-refractivity contribution in [3.8, 4) is 0 Å². The molecule has 0 aliphatic carbocycles. The van der Waals surface area contributed by atoms with Crippen molar-refractivity contribution in [3.63, 3.8) is 0 Å². The fourth-order valence-corrected chi connectivity index (χ4v) is 4.07. The SMILES string of the molecule is CCn1ncc(C(=O)N2CCC(N3CC(F)(F)C[C@H]3CO)CC2)c1C. The molecular formula is C17H26F2N4O2. The van der Waals surface area contributed by atoms with Gasteiger partial charge in [-0.3, -0.25) is 14.4 Å². The van der Waals surface area contributed by atoms with Gasteiger partial charge in [-0.15, -0.1) is 0 Å². The van der Waals surface area contributed by atoms with E-state index in [4.69, 9.17) is 0 Å².